The van der Waals surface area contributed by atoms with Crippen molar-refractivity contribution in [3.63, 3.8) is 0 Å². The van der Waals surface area contributed by atoms with Crippen LogP contribution in [0, 0.1) is 5.92 Å². The van der Waals surface area contributed by atoms with E-state index in [4.69, 9.17) is 5.73 Å². The van der Waals surface area contributed by atoms with Gasteiger partial charge in [0.1, 0.15) is 0 Å². The highest BCUT2D eigenvalue weighted by molar-refractivity contribution is 5.95. The van der Waals surface area contributed by atoms with Gasteiger partial charge in [0.25, 0.3) is 5.91 Å². The van der Waals surface area contributed by atoms with E-state index in [-0.39, 0.29) is 5.91 Å². The average Bonchev–Trinajstić information content (AvgIpc) is 2.65. The SMILES string of the molecule is CC1CCCCCC1Nc1cc(C(=O)N(C)C)ccc1N. The van der Waals surface area contributed by atoms with Crippen LogP contribution in [0.1, 0.15) is 49.4 Å². The molecule has 2 atom stereocenters. The number of nitrogens with one attached hydrogen (secondary N) is 1. The minimum Gasteiger partial charge on any atom is -0.397 e. The number of rotatable bonds is 3. The molecule has 4 heteroatoms. The van der Waals surface area contributed by atoms with Crippen LogP contribution in [-0.2, 0) is 0 Å². The molecule has 4 nitrogen and oxygen atoms in total. The lowest BCUT2D eigenvalue weighted by Crippen LogP contribution is -2.27. The Morgan fingerprint density at radius 2 is 1.95 bits per heavy atom. The molecule has 0 spiro atoms. The molecule has 2 unspecified atom stereocenters. The molecule has 2 rings (SSSR count). The first-order valence-corrected chi connectivity index (χ1v) is 7.86. The molecule has 21 heavy (non-hydrogen) atoms. The van der Waals surface area contributed by atoms with E-state index in [9.17, 15) is 4.79 Å². The largest absolute Gasteiger partial charge is 0.397 e. The second-order valence-electron chi connectivity index (χ2n) is 6.37. The Hall–Kier alpha value is -1.71. The van der Waals surface area contributed by atoms with E-state index < -0.39 is 0 Å². The third kappa shape index (κ3) is 3.90. The smallest absolute Gasteiger partial charge is 0.253 e. The Kier molecular flexibility index (Phi) is 5.10. The second-order valence-corrected chi connectivity index (χ2v) is 6.37. The predicted octanol–water partition coefficient (Wildman–Crippen LogP) is 3.35. The summed E-state index contributed by atoms with van der Waals surface area (Å²) in [6.45, 7) is 2.30. The fourth-order valence-corrected chi connectivity index (χ4v) is 2.98. The van der Waals surface area contributed by atoms with E-state index in [1.54, 1.807) is 25.1 Å². The van der Waals surface area contributed by atoms with E-state index in [1.807, 2.05) is 12.1 Å². The number of nitrogens with zero attached hydrogens (tertiary/aromatic N) is 1. The van der Waals surface area contributed by atoms with Crippen molar-refractivity contribution in [2.45, 2.75) is 45.1 Å². The van der Waals surface area contributed by atoms with Crippen molar-refractivity contribution in [1.82, 2.24) is 4.90 Å². The topological polar surface area (TPSA) is 58.4 Å². The molecule has 0 aromatic heterocycles. The van der Waals surface area contributed by atoms with Crippen molar-refractivity contribution < 1.29 is 4.79 Å². The molecule has 1 fully saturated rings. The summed E-state index contributed by atoms with van der Waals surface area (Å²) >= 11 is 0. The number of benzene rings is 1. The third-order valence-electron chi connectivity index (χ3n) is 4.41. The van der Waals surface area contributed by atoms with Gasteiger partial charge in [0.15, 0.2) is 0 Å². The summed E-state index contributed by atoms with van der Waals surface area (Å²) in [7, 11) is 3.53. The number of nitrogens with two attached hydrogens (primary N) is 1. The summed E-state index contributed by atoms with van der Waals surface area (Å²) < 4.78 is 0. The molecule has 1 saturated carbocycles. The lowest BCUT2D eigenvalue weighted by Gasteiger charge is -2.25. The van der Waals surface area contributed by atoms with Gasteiger partial charge in [-0.05, 0) is 37.0 Å². The Morgan fingerprint density at radius 1 is 1.24 bits per heavy atom. The monoisotopic (exact) mass is 289 g/mol. The van der Waals surface area contributed by atoms with Gasteiger partial charge in [-0.25, -0.2) is 0 Å². The van der Waals surface area contributed by atoms with Gasteiger partial charge in [0, 0.05) is 25.7 Å². The number of hydrogen-bond acceptors (Lipinski definition) is 3. The van der Waals surface area contributed by atoms with Gasteiger partial charge in [-0.2, -0.15) is 0 Å². The normalized spacial score (nSPS) is 22.4. The summed E-state index contributed by atoms with van der Waals surface area (Å²) in [6, 6.07) is 5.94. The Labute approximate surface area is 127 Å². The Morgan fingerprint density at radius 3 is 2.67 bits per heavy atom. The van der Waals surface area contributed by atoms with Crippen LogP contribution in [0.5, 0.6) is 0 Å². The maximum atomic E-state index is 12.1. The molecule has 1 aliphatic rings. The van der Waals surface area contributed by atoms with E-state index in [2.05, 4.69) is 12.2 Å². The van der Waals surface area contributed by atoms with Crippen LogP contribution in [0.4, 0.5) is 11.4 Å². The maximum absolute atomic E-state index is 12.1. The lowest BCUT2D eigenvalue weighted by molar-refractivity contribution is 0.0827. The Balaban J connectivity index is 2.18. The van der Waals surface area contributed by atoms with Crippen LogP contribution in [-0.4, -0.2) is 30.9 Å². The fraction of sp³-hybridized carbons (Fsp3) is 0.588. The van der Waals surface area contributed by atoms with Crippen molar-refractivity contribution in [2.75, 3.05) is 25.1 Å². The number of carbonyl (C=O) groups is 1. The zero-order chi connectivity index (χ0) is 15.4. The molecular weight excluding hydrogens is 262 g/mol. The van der Waals surface area contributed by atoms with E-state index in [0.29, 0.717) is 23.2 Å². The van der Waals surface area contributed by atoms with Gasteiger partial charge in [0.2, 0.25) is 0 Å². The summed E-state index contributed by atoms with van der Waals surface area (Å²) in [5, 5.41) is 3.58. The van der Waals surface area contributed by atoms with Crippen LogP contribution < -0.4 is 11.1 Å². The number of carbonyl (C=O) groups excluding carboxylic acids is 1. The average molecular weight is 289 g/mol. The zero-order valence-electron chi connectivity index (χ0n) is 13.4. The first-order chi connectivity index (χ1) is 9.99. The first-order valence-electron chi connectivity index (χ1n) is 7.86. The van der Waals surface area contributed by atoms with Crippen LogP contribution in [0.3, 0.4) is 0 Å². The molecule has 1 amide bonds. The predicted molar refractivity (Wildman–Crippen MR) is 88.5 cm³/mol. The summed E-state index contributed by atoms with van der Waals surface area (Å²) in [4.78, 5) is 13.7. The van der Waals surface area contributed by atoms with Gasteiger partial charge in [-0.1, -0.05) is 26.2 Å². The van der Waals surface area contributed by atoms with Crippen molar-refractivity contribution in [3.8, 4) is 0 Å². The second kappa shape index (κ2) is 6.83. The standard InChI is InChI=1S/C17H27N3O/c1-12-7-5-4-6-8-15(12)19-16-11-13(9-10-14(16)18)17(21)20(2)3/h9-12,15,19H,4-8,18H2,1-3H3. The number of nitrogen functional groups attached to an aromatic ring is 1. The molecule has 0 heterocycles. The third-order valence-corrected chi connectivity index (χ3v) is 4.41. The molecule has 116 valence electrons. The van der Waals surface area contributed by atoms with Gasteiger partial charge in [-0.3, -0.25) is 4.79 Å². The quantitative estimate of drug-likeness (QED) is 0.662. The van der Waals surface area contributed by atoms with E-state index in [1.165, 1.54) is 32.1 Å². The van der Waals surface area contributed by atoms with E-state index >= 15 is 0 Å². The van der Waals surface area contributed by atoms with Gasteiger partial charge >= 0.3 is 0 Å². The van der Waals surface area contributed by atoms with Gasteiger partial charge in [-0.15, -0.1) is 0 Å². The molecular formula is C17H27N3O. The molecule has 0 bridgehead atoms. The molecule has 0 radical (unpaired) electrons. The minimum absolute atomic E-state index is 0.00645. The fourth-order valence-electron chi connectivity index (χ4n) is 2.98. The zero-order valence-corrected chi connectivity index (χ0v) is 13.4. The van der Waals surface area contributed by atoms with Crippen molar-refractivity contribution in [1.29, 1.82) is 0 Å². The molecule has 1 aromatic rings. The van der Waals surface area contributed by atoms with Crippen molar-refractivity contribution >= 4 is 17.3 Å². The highest BCUT2D eigenvalue weighted by atomic mass is 16.2. The Bertz CT molecular complexity index is 499. The van der Waals surface area contributed by atoms with Gasteiger partial charge in [0.05, 0.1) is 11.4 Å². The van der Waals surface area contributed by atoms with Crippen molar-refractivity contribution in [3.05, 3.63) is 23.8 Å². The molecule has 0 aliphatic heterocycles. The van der Waals surface area contributed by atoms with E-state index in [0.717, 1.165) is 5.69 Å². The molecule has 1 aromatic carbocycles. The summed E-state index contributed by atoms with van der Waals surface area (Å²) in [5.74, 6) is 0.645. The maximum Gasteiger partial charge on any atom is 0.253 e. The van der Waals surface area contributed by atoms with Crippen molar-refractivity contribution in [2.24, 2.45) is 5.92 Å². The lowest BCUT2D eigenvalue weighted by atomic mass is 9.96. The van der Waals surface area contributed by atoms with Crippen LogP contribution >= 0.6 is 0 Å². The number of amides is 1. The minimum atomic E-state index is 0.00645. The van der Waals surface area contributed by atoms with Crippen LogP contribution in [0.25, 0.3) is 0 Å². The van der Waals surface area contributed by atoms with Crippen LogP contribution in [0.2, 0.25) is 0 Å². The summed E-state index contributed by atoms with van der Waals surface area (Å²) in [6.07, 6.45) is 6.32. The highest BCUT2D eigenvalue weighted by Crippen LogP contribution is 2.29. The molecule has 0 saturated heterocycles. The number of anilines is 2. The van der Waals surface area contributed by atoms with Crippen LogP contribution in [0.15, 0.2) is 18.2 Å². The number of hydrogen-bond donors (Lipinski definition) is 2. The first kappa shape index (κ1) is 15.7. The summed E-state index contributed by atoms with van der Waals surface area (Å²) in [5.41, 5.74) is 8.36. The van der Waals surface area contributed by atoms with Gasteiger partial charge < -0.3 is 16.0 Å². The molecule has 3 N–H and O–H groups in total. The highest BCUT2D eigenvalue weighted by Gasteiger charge is 2.21. The molecule has 1 aliphatic carbocycles.